The van der Waals surface area contributed by atoms with E-state index in [-0.39, 0.29) is 11.5 Å². The first-order valence-electron chi connectivity index (χ1n) is 10.8. The molecule has 168 valence electrons. The SMILES string of the molecule is Cc1c(OC(=O)[C@H](CC(C)C)NC(=O)OC(C)(C)C)ccc2c3c(c(=O)oc12)CCC3. The van der Waals surface area contributed by atoms with Crippen molar-refractivity contribution in [2.75, 3.05) is 0 Å². The van der Waals surface area contributed by atoms with Gasteiger partial charge in [0.05, 0.1) is 0 Å². The zero-order valence-electron chi connectivity index (χ0n) is 19.1. The summed E-state index contributed by atoms with van der Waals surface area (Å²) in [5.41, 5.74) is 1.79. The van der Waals surface area contributed by atoms with Crippen LogP contribution in [0.3, 0.4) is 0 Å². The minimum Gasteiger partial charge on any atom is -0.444 e. The number of carbonyl (C=O) groups is 2. The maximum atomic E-state index is 12.9. The molecule has 0 aliphatic heterocycles. The Morgan fingerprint density at radius 1 is 1.16 bits per heavy atom. The topological polar surface area (TPSA) is 94.8 Å². The van der Waals surface area contributed by atoms with E-state index in [1.54, 1.807) is 33.8 Å². The van der Waals surface area contributed by atoms with Gasteiger partial charge in [0.2, 0.25) is 0 Å². The van der Waals surface area contributed by atoms with Gasteiger partial charge in [0.15, 0.2) is 0 Å². The van der Waals surface area contributed by atoms with Crippen molar-refractivity contribution in [1.82, 2.24) is 5.32 Å². The maximum Gasteiger partial charge on any atom is 0.408 e. The lowest BCUT2D eigenvalue weighted by molar-refractivity contribution is -0.137. The fraction of sp³-hybridized carbons (Fsp3) is 0.542. The van der Waals surface area contributed by atoms with Crippen molar-refractivity contribution < 1.29 is 23.5 Å². The number of nitrogens with one attached hydrogen (secondary N) is 1. The van der Waals surface area contributed by atoms with Crippen LogP contribution in [0, 0.1) is 12.8 Å². The van der Waals surface area contributed by atoms with Gasteiger partial charge in [0, 0.05) is 16.5 Å². The van der Waals surface area contributed by atoms with E-state index >= 15 is 0 Å². The van der Waals surface area contributed by atoms with Gasteiger partial charge < -0.3 is 19.2 Å². The number of esters is 1. The molecule has 3 rings (SSSR count). The molecule has 0 radical (unpaired) electrons. The average molecular weight is 430 g/mol. The van der Waals surface area contributed by atoms with Crippen LogP contribution in [0.1, 0.15) is 64.2 Å². The normalized spacial score (nSPS) is 14.4. The first-order chi connectivity index (χ1) is 14.5. The molecule has 1 aliphatic rings. The Morgan fingerprint density at radius 3 is 2.48 bits per heavy atom. The van der Waals surface area contributed by atoms with Gasteiger partial charge in [0.1, 0.15) is 23.0 Å². The second-order valence-corrected chi connectivity index (χ2v) is 9.52. The average Bonchev–Trinajstić information content (AvgIpc) is 3.13. The molecule has 31 heavy (non-hydrogen) atoms. The van der Waals surface area contributed by atoms with E-state index in [0.717, 1.165) is 35.8 Å². The lowest BCUT2D eigenvalue weighted by atomic mass is 10.0. The van der Waals surface area contributed by atoms with Crippen LogP contribution >= 0.6 is 0 Å². The Hall–Kier alpha value is -2.83. The van der Waals surface area contributed by atoms with Crippen molar-refractivity contribution >= 4 is 23.0 Å². The van der Waals surface area contributed by atoms with Crippen LogP contribution in [0.15, 0.2) is 21.3 Å². The van der Waals surface area contributed by atoms with Crippen molar-refractivity contribution in [2.24, 2.45) is 5.92 Å². The molecule has 7 nitrogen and oxygen atoms in total. The summed E-state index contributed by atoms with van der Waals surface area (Å²) in [6, 6.07) is 2.68. The number of aryl methyl sites for hydroxylation is 2. The number of benzene rings is 1. The molecule has 0 bridgehead atoms. The fourth-order valence-corrected chi connectivity index (χ4v) is 3.89. The fourth-order valence-electron chi connectivity index (χ4n) is 3.89. The first-order valence-corrected chi connectivity index (χ1v) is 10.8. The highest BCUT2D eigenvalue weighted by molar-refractivity contribution is 5.88. The van der Waals surface area contributed by atoms with E-state index in [1.165, 1.54) is 0 Å². The zero-order chi connectivity index (χ0) is 22.9. The third-order valence-corrected chi connectivity index (χ3v) is 5.23. The third-order valence-electron chi connectivity index (χ3n) is 5.23. The van der Waals surface area contributed by atoms with Crippen LogP contribution in [-0.4, -0.2) is 23.7 Å². The van der Waals surface area contributed by atoms with Gasteiger partial charge in [-0.2, -0.15) is 0 Å². The van der Waals surface area contributed by atoms with Crippen LogP contribution in [-0.2, 0) is 22.4 Å². The van der Waals surface area contributed by atoms with Gasteiger partial charge in [0.25, 0.3) is 0 Å². The van der Waals surface area contributed by atoms with E-state index in [9.17, 15) is 14.4 Å². The summed E-state index contributed by atoms with van der Waals surface area (Å²) in [4.78, 5) is 37.5. The van der Waals surface area contributed by atoms with Gasteiger partial charge in [-0.15, -0.1) is 0 Å². The minimum absolute atomic E-state index is 0.144. The number of rotatable bonds is 5. The molecular weight excluding hydrogens is 398 g/mol. The van der Waals surface area contributed by atoms with E-state index in [4.69, 9.17) is 13.9 Å². The summed E-state index contributed by atoms with van der Waals surface area (Å²) in [5.74, 6) is -0.144. The summed E-state index contributed by atoms with van der Waals surface area (Å²) in [7, 11) is 0. The van der Waals surface area contributed by atoms with E-state index in [1.807, 2.05) is 19.9 Å². The molecule has 1 amide bonds. The molecule has 0 spiro atoms. The number of hydrogen-bond acceptors (Lipinski definition) is 6. The minimum atomic E-state index is -0.864. The first kappa shape index (κ1) is 22.8. The van der Waals surface area contributed by atoms with Crippen molar-refractivity contribution in [3.63, 3.8) is 0 Å². The third kappa shape index (κ3) is 5.27. The molecular formula is C24H31NO6. The molecule has 1 aromatic carbocycles. The Morgan fingerprint density at radius 2 is 1.84 bits per heavy atom. The van der Waals surface area contributed by atoms with Gasteiger partial charge in [-0.3, -0.25) is 0 Å². The highest BCUT2D eigenvalue weighted by Crippen LogP contribution is 2.33. The molecule has 0 fully saturated rings. The van der Waals surface area contributed by atoms with E-state index < -0.39 is 23.7 Å². The van der Waals surface area contributed by atoms with Crippen LogP contribution in [0.5, 0.6) is 5.75 Å². The number of alkyl carbamates (subject to hydrolysis) is 1. The Balaban J connectivity index is 1.86. The number of amides is 1. The van der Waals surface area contributed by atoms with Crippen LogP contribution in [0.4, 0.5) is 4.79 Å². The number of fused-ring (bicyclic) bond motifs is 3. The Kier molecular flexibility index (Phi) is 6.43. The number of carbonyl (C=O) groups excluding carboxylic acids is 2. The van der Waals surface area contributed by atoms with Crippen molar-refractivity contribution in [3.8, 4) is 5.75 Å². The monoisotopic (exact) mass is 429 g/mol. The van der Waals surface area contributed by atoms with Crippen molar-refractivity contribution in [3.05, 3.63) is 39.2 Å². The molecule has 1 heterocycles. The van der Waals surface area contributed by atoms with Gasteiger partial charge >= 0.3 is 17.7 Å². The van der Waals surface area contributed by atoms with E-state index in [2.05, 4.69) is 5.32 Å². The Labute approximate surface area is 182 Å². The highest BCUT2D eigenvalue weighted by Gasteiger charge is 2.28. The lowest BCUT2D eigenvalue weighted by Crippen LogP contribution is -2.45. The summed E-state index contributed by atoms with van der Waals surface area (Å²) < 4.78 is 16.5. The summed E-state index contributed by atoms with van der Waals surface area (Å²) in [6.45, 7) is 10.9. The van der Waals surface area contributed by atoms with Crippen LogP contribution in [0.25, 0.3) is 11.0 Å². The summed E-state index contributed by atoms with van der Waals surface area (Å²) >= 11 is 0. The molecule has 1 aliphatic carbocycles. The smallest absolute Gasteiger partial charge is 0.408 e. The molecule has 0 unspecified atom stereocenters. The zero-order valence-corrected chi connectivity index (χ0v) is 19.1. The van der Waals surface area contributed by atoms with Crippen LogP contribution < -0.4 is 15.7 Å². The molecule has 2 aromatic rings. The summed E-state index contributed by atoms with van der Waals surface area (Å²) in [6.07, 6.45) is 2.23. The molecule has 7 heteroatoms. The largest absolute Gasteiger partial charge is 0.444 e. The number of ether oxygens (including phenoxy) is 2. The quantitative estimate of drug-likeness (QED) is 0.429. The predicted molar refractivity (Wildman–Crippen MR) is 117 cm³/mol. The van der Waals surface area contributed by atoms with Gasteiger partial charge in [-0.25, -0.2) is 14.4 Å². The lowest BCUT2D eigenvalue weighted by Gasteiger charge is -2.24. The maximum absolute atomic E-state index is 12.9. The second-order valence-electron chi connectivity index (χ2n) is 9.52. The number of hydrogen-bond donors (Lipinski definition) is 1. The molecule has 1 N–H and O–H groups in total. The highest BCUT2D eigenvalue weighted by atomic mass is 16.6. The molecule has 0 saturated heterocycles. The molecule has 0 saturated carbocycles. The van der Waals surface area contributed by atoms with E-state index in [0.29, 0.717) is 23.3 Å². The van der Waals surface area contributed by atoms with Crippen molar-refractivity contribution in [2.45, 2.75) is 78.9 Å². The van der Waals surface area contributed by atoms with Crippen molar-refractivity contribution in [1.29, 1.82) is 0 Å². The second kappa shape index (κ2) is 8.73. The standard InChI is InChI=1S/C24H31NO6/c1-13(2)12-18(25-23(28)31-24(4,5)6)22(27)29-19-11-10-16-15-8-7-9-17(15)21(26)30-20(16)14(19)3/h10-11,13,18H,7-9,12H2,1-6H3,(H,25,28)/t18-/m0/s1. The predicted octanol–water partition coefficient (Wildman–Crippen LogP) is 4.43. The molecule has 1 atom stereocenters. The molecule has 1 aromatic heterocycles. The van der Waals surface area contributed by atoms with Gasteiger partial charge in [-0.05, 0) is 77.0 Å². The van der Waals surface area contributed by atoms with Gasteiger partial charge in [-0.1, -0.05) is 13.8 Å². The van der Waals surface area contributed by atoms with Crippen LogP contribution in [0.2, 0.25) is 0 Å². The summed E-state index contributed by atoms with van der Waals surface area (Å²) in [5, 5.41) is 3.50. The Bertz CT molecular complexity index is 1060.